The highest BCUT2D eigenvalue weighted by molar-refractivity contribution is 7.99. The molecule has 0 bridgehead atoms. The van der Waals surface area contributed by atoms with E-state index in [1.807, 2.05) is 0 Å². The normalized spacial score (nSPS) is 10.2. The third-order valence-corrected chi connectivity index (χ3v) is 3.35. The fourth-order valence-electron chi connectivity index (χ4n) is 1.55. The molecule has 19 heavy (non-hydrogen) atoms. The molecule has 1 aromatic carbocycles. The number of nitrogens with one attached hydrogen (secondary N) is 1. The molecule has 104 valence electrons. The largest absolute Gasteiger partial charge is 0.478 e. The first-order valence-electron chi connectivity index (χ1n) is 5.75. The lowest BCUT2D eigenvalue weighted by molar-refractivity contribution is -0.113. The fraction of sp³-hybridized carbons (Fsp3) is 0.385. The molecule has 0 aromatic heterocycles. The monoisotopic (exact) mass is 283 g/mol. The Bertz CT molecular complexity index is 462. The molecule has 5 nitrogen and oxygen atoms in total. The zero-order valence-corrected chi connectivity index (χ0v) is 11.8. The molecule has 0 radical (unpaired) electrons. The Hall–Kier alpha value is -1.53. The average molecular weight is 283 g/mol. The van der Waals surface area contributed by atoms with Crippen LogP contribution < -0.4 is 5.32 Å². The molecule has 1 rings (SSSR count). The number of ether oxygens (including phenoxy) is 1. The molecular weight excluding hydrogens is 266 g/mol. The summed E-state index contributed by atoms with van der Waals surface area (Å²) in [7, 11) is 1.60. The second-order valence-electron chi connectivity index (χ2n) is 3.90. The molecule has 0 spiro atoms. The van der Waals surface area contributed by atoms with E-state index >= 15 is 0 Å². The summed E-state index contributed by atoms with van der Waals surface area (Å²) >= 11 is 1.44. The number of carboxylic acids is 1. The van der Waals surface area contributed by atoms with Crippen LogP contribution in [0.4, 0.5) is 5.69 Å². The van der Waals surface area contributed by atoms with Gasteiger partial charge < -0.3 is 15.2 Å². The molecule has 0 atom stereocenters. The number of hydrogen-bond donors (Lipinski definition) is 2. The smallest absolute Gasteiger partial charge is 0.338 e. The van der Waals surface area contributed by atoms with E-state index in [0.717, 1.165) is 5.75 Å². The highest BCUT2D eigenvalue weighted by atomic mass is 32.2. The standard InChI is InChI=1S/C13H17NO4S/c1-9-4-3-5-10(12(9)13(16)17)14-11(15)8-19-7-6-18-2/h3-5H,6-8H2,1-2H3,(H,14,15)(H,16,17). The van der Waals surface area contributed by atoms with E-state index in [2.05, 4.69) is 5.32 Å². The summed E-state index contributed by atoms with van der Waals surface area (Å²) < 4.78 is 4.88. The third-order valence-electron chi connectivity index (χ3n) is 2.43. The van der Waals surface area contributed by atoms with Gasteiger partial charge in [0.15, 0.2) is 0 Å². The third kappa shape index (κ3) is 4.92. The summed E-state index contributed by atoms with van der Waals surface area (Å²) in [5, 5.41) is 11.8. The topological polar surface area (TPSA) is 75.6 Å². The molecule has 6 heteroatoms. The van der Waals surface area contributed by atoms with Crippen LogP contribution in [0, 0.1) is 6.92 Å². The van der Waals surface area contributed by atoms with Gasteiger partial charge in [0.1, 0.15) is 0 Å². The maximum absolute atomic E-state index is 11.7. The Kier molecular flexibility index (Phi) is 6.38. The van der Waals surface area contributed by atoms with Crippen LogP contribution in [0.15, 0.2) is 18.2 Å². The van der Waals surface area contributed by atoms with Crippen molar-refractivity contribution in [1.82, 2.24) is 0 Å². The number of carbonyl (C=O) groups excluding carboxylic acids is 1. The van der Waals surface area contributed by atoms with E-state index in [9.17, 15) is 9.59 Å². The first kappa shape index (κ1) is 15.5. The highest BCUT2D eigenvalue weighted by Gasteiger charge is 2.14. The number of thioether (sulfide) groups is 1. The molecule has 0 heterocycles. The molecule has 1 aromatic rings. The van der Waals surface area contributed by atoms with E-state index in [1.54, 1.807) is 32.2 Å². The van der Waals surface area contributed by atoms with E-state index in [-0.39, 0.29) is 17.2 Å². The van der Waals surface area contributed by atoms with Gasteiger partial charge in [-0.25, -0.2) is 4.79 Å². The van der Waals surface area contributed by atoms with Gasteiger partial charge in [0.25, 0.3) is 0 Å². The maximum Gasteiger partial charge on any atom is 0.338 e. The predicted molar refractivity (Wildman–Crippen MR) is 76.0 cm³/mol. The lowest BCUT2D eigenvalue weighted by Crippen LogP contribution is -2.17. The summed E-state index contributed by atoms with van der Waals surface area (Å²) in [4.78, 5) is 22.8. The van der Waals surface area contributed by atoms with Gasteiger partial charge in [0.05, 0.1) is 23.6 Å². The number of aryl methyl sites for hydroxylation is 1. The van der Waals surface area contributed by atoms with E-state index in [4.69, 9.17) is 9.84 Å². The second kappa shape index (κ2) is 7.81. The zero-order valence-electron chi connectivity index (χ0n) is 10.9. The minimum atomic E-state index is -1.04. The van der Waals surface area contributed by atoms with Gasteiger partial charge in [0.2, 0.25) is 5.91 Å². The number of amides is 1. The Morgan fingerprint density at radius 2 is 2.16 bits per heavy atom. The van der Waals surface area contributed by atoms with E-state index < -0.39 is 5.97 Å². The Labute approximate surface area is 116 Å². The summed E-state index contributed by atoms with van der Waals surface area (Å²) in [5.41, 5.74) is 1.10. The van der Waals surface area contributed by atoms with Crippen molar-refractivity contribution in [2.45, 2.75) is 6.92 Å². The molecule has 0 aliphatic heterocycles. The van der Waals surface area contributed by atoms with Crippen LogP contribution in [0.25, 0.3) is 0 Å². The van der Waals surface area contributed by atoms with Gasteiger partial charge in [-0.3, -0.25) is 4.79 Å². The Morgan fingerprint density at radius 1 is 1.42 bits per heavy atom. The molecular formula is C13H17NO4S. The molecule has 0 fully saturated rings. The SMILES string of the molecule is COCCSCC(=O)Nc1cccc(C)c1C(=O)O. The van der Waals surface area contributed by atoms with Crippen molar-refractivity contribution >= 4 is 29.3 Å². The number of carbonyl (C=O) groups is 2. The first-order valence-corrected chi connectivity index (χ1v) is 6.91. The van der Waals surface area contributed by atoms with Crippen LogP contribution in [0.5, 0.6) is 0 Å². The minimum Gasteiger partial charge on any atom is -0.478 e. The van der Waals surface area contributed by atoms with Gasteiger partial charge in [-0.2, -0.15) is 0 Å². The number of carboxylic acid groups (broad SMARTS) is 1. The molecule has 0 unspecified atom stereocenters. The quantitative estimate of drug-likeness (QED) is 0.749. The van der Waals surface area contributed by atoms with Crippen molar-refractivity contribution in [3.05, 3.63) is 29.3 Å². The number of aromatic carboxylic acids is 1. The maximum atomic E-state index is 11.7. The van der Waals surface area contributed by atoms with Crippen LogP contribution in [-0.4, -0.2) is 42.2 Å². The van der Waals surface area contributed by atoms with Crippen molar-refractivity contribution in [2.24, 2.45) is 0 Å². The highest BCUT2D eigenvalue weighted by Crippen LogP contribution is 2.19. The predicted octanol–water partition coefficient (Wildman–Crippen LogP) is 2.01. The van der Waals surface area contributed by atoms with Gasteiger partial charge in [0, 0.05) is 12.9 Å². The number of rotatable bonds is 7. The van der Waals surface area contributed by atoms with Crippen LogP contribution in [0.3, 0.4) is 0 Å². The Morgan fingerprint density at radius 3 is 2.79 bits per heavy atom. The number of anilines is 1. The lowest BCUT2D eigenvalue weighted by atomic mass is 10.1. The summed E-state index contributed by atoms with van der Waals surface area (Å²) in [5.74, 6) is -0.255. The fourth-order valence-corrected chi connectivity index (χ4v) is 2.24. The lowest BCUT2D eigenvalue weighted by Gasteiger charge is -2.10. The van der Waals surface area contributed by atoms with Gasteiger partial charge in [-0.05, 0) is 18.6 Å². The summed E-state index contributed by atoms with van der Waals surface area (Å²) in [6, 6.07) is 5.01. The van der Waals surface area contributed by atoms with E-state index in [1.165, 1.54) is 11.8 Å². The van der Waals surface area contributed by atoms with Crippen LogP contribution in [-0.2, 0) is 9.53 Å². The molecule has 0 saturated heterocycles. The van der Waals surface area contributed by atoms with Gasteiger partial charge >= 0.3 is 5.97 Å². The second-order valence-corrected chi connectivity index (χ2v) is 5.00. The number of methoxy groups -OCH3 is 1. The van der Waals surface area contributed by atoms with Crippen molar-refractivity contribution in [3.8, 4) is 0 Å². The molecule has 1 amide bonds. The van der Waals surface area contributed by atoms with Gasteiger partial charge in [-0.15, -0.1) is 11.8 Å². The van der Waals surface area contributed by atoms with Crippen molar-refractivity contribution in [2.75, 3.05) is 30.5 Å². The minimum absolute atomic E-state index is 0.137. The van der Waals surface area contributed by atoms with Crippen molar-refractivity contribution < 1.29 is 19.4 Å². The first-order chi connectivity index (χ1) is 9.06. The summed E-state index contributed by atoms with van der Waals surface area (Å²) in [6.45, 7) is 2.29. The summed E-state index contributed by atoms with van der Waals surface area (Å²) in [6.07, 6.45) is 0. The molecule has 0 aliphatic rings. The number of benzene rings is 1. The van der Waals surface area contributed by atoms with E-state index in [0.29, 0.717) is 17.9 Å². The Balaban J connectivity index is 2.64. The molecule has 0 aliphatic carbocycles. The average Bonchev–Trinajstić information content (AvgIpc) is 2.34. The van der Waals surface area contributed by atoms with Crippen LogP contribution in [0.1, 0.15) is 15.9 Å². The van der Waals surface area contributed by atoms with Crippen LogP contribution in [0.2, 0.25) is 0 Å². The van der Waals surface area contributed by atoms with Crippen molar-refractivity contribution in [3.63, 3.8) is 0 Å². The van der Waals surface area contributed by atoms with Crippen LogP contribution >= 0.6 is 11.8 Å². The number of hydrogen-bond acceptors (Lipinski definition) is 4. The molecule has 0 saturated carbocycles. The zero-order chi connectivity index (χ0) is 14.3. The van der Waals surface area contributed by atoms with Gasteiger partial charge in [-0.1, -0.05) is 12.1 Å². The van der Waals surface area contributed by atoms with Crippen molar-refractivity contribution in [1.29, 1.82) is 0 Å². The molecule has 2 N–H and O–H groups in total.